The van der Waals surface area contributed by atoms with Gasteiger partial charge in [0, 0.05) is 29.7 Å². The van der Waals surface area contributed by atoms with Gasteiger partial charge in [-0.3, -0.25) is 9.59 Å². The fourth-order valence-electron chi connectivity index (χ4n) is 3.45. The first-order chi connectivity index (χ1) is 12.4. The molecule has 6 heteroatoms. The normalized spacial score (nSPS) is 17.2. The molecule has 3 rings (SSSR count). The number of aryl methyl sites for hydroxylation is 3. The van der Waals surface area contributed by atoms with Gasteiger partial charge in [-0.2, -0.15) is 0 Å². The van der Waals surface area contributed by atoms with E-state index >= 15 is 0 Å². The molecule has 1 aromatic carbocycles. The highest BCUT2D eigenvalue weighted by molar-refractivity contribution is 7.09. The maximum absolute atomic E-state index is 12.8. The number of hydrogen-bond acceptors (Lipinski definition) is 4. The Morgan fingerprint density at radius 1 is 1.23 bits per heavy atom. The second-order valence-corrected chi connectivity index (χ2v) is 8.01. The molecule has 2 heterocycles. The summed E-state index contributed by atoms with van der Waals surface area (Å²) in [6.45, 7) is 7.58. The smallest absolute Gasteiger partial charge is 0.253 e. The number of carbonyl (C=O) groups excluding carboxylic acids is 2. The molecule has 1 aliphatic heterocycles. The van der Waals surface area contributed by atoms with Crippen molar-refractivity contribution in [3.63, 3.8) is 0 Å². The Hall–Kier alpha value is -2.21. The highest BCUT2D eigenvalue weighted by atomic mass is 32.1. The van der Waals surface area contributed by atoms with Crippen LogP contribution in [0.15, 0.2) is 23.6 Å². The third-order valence-corrected chi connectivity index (χ3v) is 5.60. The van der Waals surface area contributed by atoms with Crippen molar-refractivity contribution in [1.29, 1.82) is 0 Å². The number of thiazole rings is 1. The molecule has 0 bridgehead atoms. The van der Waals surface area contributed by atoms with E-state index in [0.29, 0.717) is 25.2 Å². The van der Waals surface area contributed by atoms with Gasteiger partial charge in [-0.15, -0.1) is 11.3 Å². The largest absolute Gasteiger partial charge is 0.349 e. The van der Waals surface area contributed by atoms with Gasteiger partial charge in [0.25, 0.3) is 5.91 Å². The topological polar surface area (TPSA) is 62.3 Å². The molecule has 1 saturated heterocycles. The van der Waals surface area contributed by atoms with Gasteiger partial charge in [0.15, 0.2) is 0 Å². The lowest BCUT2D eigenvalue weighted by atomic mass is 9.96. The van der Waals surface area contributed by atoms with E-state index < -0.39 is 0 Å². The van der Waals surface area contributed by atoms with Crippen molar-refractivity contribution in [3.05, 3.63) is 51.0 Å². The van der Waals surface area contributed by atoms with Crippen LogP contribution in [0.25, 0.3) is 0 Å². The molecule has 0 unspecified atom stereocenters. The van der Waals surface area contributed by atoms with Crippen molar-refractivity contribution in [1.82, 2.24) is 15.2 Å². The number of rotatable bonds is 4. The second-order valence-electron chi connectivity index (χ2n) is 7.07. The first-order valence-electron chi connectivity index (χ1n) is 8.98. The maximum atomic E-state index is 12.8. The molecule has 26 heavy (non-hydrogen) atoms. The van der Waals surface area contributed by atoms with Gasteiger partial charge in [0.1, 0.15) is 5.01 Å². The van der Waals surface area contributed by atoms with Gasteiger partial charge < -0.3 is 10.2 Å². The third kappa shape index (κ3) is 4.49. The Bertz CT molecular complexity index is 795. The van der Waals surface area contributed by atoms with Crippen LogP contribution in [0.5, 0.6) is 0 Å². The molecule has 0 spiro atoms. The van der Waals surface area contributed by atoms with Crippen LogP contribution in [0.3, 0.4) is 0 Å². The summed E-state index contributed by atoms with van der Waals surface area (Å²) in [5.41, 5.74) is 3.85. The number of nitrogens with one attached hydrogen (secondary N) is 1. The van der Waals surface area contributed by atoms with Gasteiger partial charge in [0.2, 0.25) is 5.91 Å². The van der Waals surface area contributed by atoms with Crippen LogP contribution in [-0.2, 0) is 11.3 Å². The van der Waals surface area contributed by atoms with Crippen molar-refractivity contribution in [2.75, 3.05) is 13.1 Å². The van der Waals surface area contributed by atoms with E-state index in [2.05, 4.69) is 16.4 Å². The second kappa shape index (κ2) is 7.99. The highest BCUT2D eigenvalue weighted by Crippen LogP contribution is 2.20. The first-order valence-corrected chi connectivity index (χ1v) is 9.86. The molecule has 0 radical (unpaired) electrons. The van der Waals surface area contributed by atoms with Crippen LogP contribution in [0.4, 0.5) is 0 Å². The lowest BCUT2D eigenvalue weighted by molar-refractivity contribution is -0.126. The number of carbonyl (C=O) groups is 2. The van der Waals surface area contributed by atoms with Crippen molar-refractivity contribution < 1.29 is 9.59 Å². The molecular formula is C20H25N3O2S. The van der Waals surface area contributed by atoms with Gasteiger partial charge in [-0.05, 0) is 45.7 Å². The maximum Gasteiger partial charge on any atom is 0.253 e. The molecule has 2 aromatic rings. The van der Waals surface area contributed by atoms with Crippen LogP contribution in [0.2, 0.25) is 0 Å². The number of aromatic nitrogens is 1. The lowest BCUT2D eigenvalue weighted by Crippen LogP contribution is -2.45. The molecule has 138 valence electrons. The van der Waals surface area contributed by atoms with Gasteiger partial charge in [0.05, 0.1) is 12.5 Å². The fourth-order valence-corrected chi connectivity index (χ4v) is 4.16. The summed E-state index contributed by atoms with van der Waals surface area (Å²) < 4.78 is 0. The van der Waals surface area contributed by atoms with Gasteiger partial charge >= 0.3 is 0 Å². The van der Waals surface area contributed by atoms with Crippen molar-refractivity contribution in [2.24, 2.45) is 5.92 Å². The zero-order valence-electron chi connectivity index (χ0n) is 15.5. The van der Waals surface area contributed by atoms with E-state index in [-0.39, 0.29) is 17.7 Å². The Labute approximate surface area is 158 Å². The zero-order chi connectivity index (χ0) is 18.7. The standard InChI is InChI=1S/C20H25N3O2S/c1-13-7-14(2)9-17(8-13)20(25)23-6-4-5-16(11-23)19(24)21-10-18-22-15(3)12-26-18/h7-9,12,16H,4-6,10-11H2,1-3H3,(H,21,24)/t16-/m1/s1. The average Bonchev–Trinajstić information content (AvgIpc) is 3.03. The summed E-state index contributed by atoms with van der Waals surface area (Å²) in [5, 5.41) is 5.86. The number of benzene rings is 1. The third-order valence-electron chi connectivity index (χ3n) is 4.63. The zero-order valence-corrected chi connectivity index (χ0v) is 16.4. The van der Waals surface area contributed by atoms with Crippen molar-refractivity contribution >= 4 is 23.2 Å². The van der Waals surface area contributed by atoms with E-state index in [9.17, 15) is 9.59 Å². The fraction of sp³-hybridized carbons (Fsp3) is 0.450. The van der Waals surface area contributed by atoms with Gasteiger partial charge in [-0.25, -0.2) is 4.98 Å². The quantitative estimate of drug-likeness (QED) is 0.897. The molecule has 1 N–H and O–H groups in total. The minimum absolute atomic E-state index is 0.00998. The number of hydrogen-bond donors (Lipinski definition) is 1. The molecule has 1 atom stereocenters. The predicted molar refractivity (Wildman–Crippen MR) is 103 cm³/mol. The average molecular weight is 372 g/mol. The number of nitrogens with zero attached hydrogens (tertiary/aromatic N) is 2. The minimum Gasteiger partial charge on any atom is -0.349 e. The van der Waals surface area contributed by atoms with Crippen molar-refractivity contribution in [2.45, 2.75) is 40.2 Å². The van der Waals surface area contributed by atoms with Crippen LogP contribution >= 0.6 is 11.3 Å². The summed E-state index contributed by atoms with van der Waals surface area (Å²) >= 11 is 1.55. The van der Waals surface area contributed by atoms with E-state index in [1.54, 1.807) is 11.3 Å². The molecule has 2 amide bonds. The van der Waals surface area contributed by atoms with E-state index in [1.807, 2.05) is 43.2 Å². The van der Waals surface area contributed by atoms with Crippen molar-refractivity contribution in [3.8, 4) is 0 Å². The predicted octanol–water partition coefficient (Wildman–Crippen LogP) is 3.24. The molecule has 1 aromatic heterocycles. The first kappa shape index (κ1) is 18.6. The monoisotopic (exact) mass is 371 g/mol. The summed E-state index contributed by atoms with van der Waals surface area (Å²) in [4.78, 5) is 31.5. The number of likely N-dealkylation sites (tertiary alicyclic amines) is 1. The summed E-state index contributed by atoms with van der Waals surface area (Å²) in [7, 11) is 0. The SMILES string of the molecule is Cc1cc(C)cc(C(=O)N2CCC[C@@H](C(=O)NCc3nc(C)cs3)C2)c1. The minimum atomic E-state index is -0.153. The van der Waals surface area contributed by atoms with Crippen LogP contribution in [0, 0.1) is 26.7 Å². The van der Waals surface area contributed by atoms with E-state index in [4.69, 9.17) is 0 Å². The Balaban J connectivity index is 1.61. The van der Waals surface area contributed by atoms with E-state index in [1.165, 1.54) is 0 Å². The summed E-state index contributed by atoms with van der Waals surface area (Å²) in [5.74, 6) is -0.125. The molecule has 0 aliphatic carbocycles. The van der Waals surface area contributed by atoms with E-state index in [0.717, 1.165) is 34.7 Å². The summed E-state index contributed by atoms with van der Waals surface area (Å²) in [6.07, 6.45) is 1.67. The van der Waals surface area contributed by atoms with Crippen LogP contribution in [-0.4, -0.2) is 34.8 Å². The Morgan fingerprint density at radius 2 is 1.96 bits per heavy atom. The molecule has 1 aliphatic rings. The van der Waals surface area contributed by atoms with Crippen LogP contribution in [0.1, 0.15) is 45.0 Å². The van der Waals surface area contributed by atoms with Gasteiger partial charge in [-0.1, -0.05) is 17.2 Å². The Kier molecular flexibility index (Phi) is 5.71. The summed E-state index contributed by atoms with van der Waals surface area (Å²) in [6, 6.07) is 5.90. The molecular weight excluding hydrogens is 346 g/mol. The number of amides is 2. The molecule has 0 saturated carbocycles. The Morgan fingerprint density at radius 3 is 2.62 bits per heavy atom. The molecule has 1 fully saturated rings. The molecule has 5 nitrogen and oxygen atoms in total. The lowest BCUT2D eigenvalue weighted by Gasteiger charge is -2.32. The highest BCUT2D eigenvalue weighted by Gasteiger charge is 2.29. The van der Waals surface area contributed by atoms with Crippen LogP contribution < -0.4 is 5.32 Å². The number of piperidine rings is 1.